The van der Waals surface area contributed by atoms with Gasteiger partial charge in [-0.05, 0) is 51.1 Å². The molecule has 2 N–H and O–H groups in total. The van der Waals surface area contributed by atoms with Crippen molar-refractivity contribution in [2.75, 3.05) is 32.7 Å². The standard InChI is InChI=1S/C16H31N3O/c1-2-14-6-5-10-18(11-7-14)15(13-17)12-16(20)19-8-3-4-9-19/h14-15H,2-13,17H2,1H3. The molecule has 116 valence electrons. The van der Waals surface area contributed by atoms with E-state index in [9.17, 15) is 4.79 Å². The highest BCUT2D eigenvalue weighted by molar-refractivity contribution is 5.77. The van der Waals surface area contributed by atoms with Gasteiger partial charge in [0.25, 0.3) is 0 Å². The van der Waals surface area contributed by atoms with Crippen molar-refractivity contribution in [1.29, 1.82) is 0 Å². The predicted molar refractivity (Wildman–Crippen MR) is 82.5 cm³/mol. The van der Waals surface area contributed by atoms with Gasteiger partial charge in [-0.1, -0.05) is 13.3 Å². The lowest BCUT2D eigenvalue weighted by Crippen LogP contribution is -2.45. The Morgan fingerprint density at radius 3 is 2.55 bits per heavy atom. The third-order valence-electron chi connectivity index (χ3n) is 5.12. The molecule has 2 aliphatic heterocycles. The first-order valence-corrected chi connectivity index (χ1v) is 8.46. The van der Waals surface area contributed by atoms with E-state index in [4.69, 9.17) is 5.73 Å². The lowest BCUT2D eigenvalue weighted by molar-refractivity contribution is -0.131. The molecular weight excluding hydrogens is 250 g/mol. The van der Waals surface area contributed by atoms with Gasteiger partial charge in [-0.15, -0.1) is 0 Å². The van der Waals surface area contributed by atoms with Crippen LogP contribution in [0.5, 0.6) is 0 Å². The van der Waals surface area contributed by atoms with E-state index in [-0.39, 0.29) is 6.04 Å². The van der Waals surface area contributed by atoms with Gasteiger partial charge in [0.1, 0.15) is 0 Å². The highest BCUT2D eigenvalue weighted by Crippen LogP contribution is 2.22. The van der Waals surface area contributed by atoms with Crippen molar-refractivity contribution in [3.8, 4) is 0 Å². The fourth-order valence-electron chi connectivity index (χ4n) is 3.62. The normalized spacial score (nSPS) is 26.5. The van der Waals surface area contributed by atoms with Crippen molar-refractivity contribution in [2.24, 2.45) is 11.7 Å². The number of nitrogens with zero attached hydrogens (tertiary/aromatic N) is 2. The second-order valence-electron chi connectivity index (χ2n) is 6.42. The quantitative estimate of drug-likeness (QED) is 0.836. The molecule has 4 heteroatoms. The Labute approximate surface area is 123 Å². The van der Waals surface area contributed by atoms with Crippen LogP contribution in [0.15, 0.2) is 0 Å². The monoisotopic (exact) mass is 281 g/mol. The van der Waals surface area contributed by atoms with Gasteiger partial charge in [0.05, 0.1) is 0 Å². The van der Waals surface area contributed by atoms with E-state index in [2.05, 4.69) is 11.8 Å². The molecule has 2 rings (SSSR count). The molecule has 0 aromatic rings. The van der Waals surface area contributed by atoms with Crippen LogP contribution in [0.25, 0.3) is 0 Å². The molecule has 0 bridgehead atoms. The van der Waals surface area contributed by atoms with Gasteiger partial charge in [0.15, 0.2) is 0 Å². The van der Waals surface area contributed by atoms with Crippen LogP contribution in [-0.4, -0.2) is 54.5 Å². The van der Waals surface area contributed by atoms with E-state index in [1.54, 1.807) is 0 Å². The van der Waals surface area contributed by atoms with Crippen LogP contribution in [0, 0.1) is 5.92 Å². The maximum absolute atomic E-state index is 12.3. The molecular formula is C16H31N3O. The molecule has 0 saturated carbocycles. The van der Waals surface area contributed by atoms with E-state index < -0.39 is 0 Å². The first-order valence-electron chi connectivity index (χ1n) is 8.46. The summed E-state index contributed by atoms with van der Waals surface area (Å²) in [6, 6.07) is 0.249. The van der Waals surface area contributed by atoms with Crippen LogP contribution in [0.1, 0.15) is 51.9 Å². The maximum atomic E-state index is 12.3. The van der Waals surface area contributed by atoms with Gasteiger partial charge in [0, 0.05) is 32.1 Å². The molecule has 2 atom stereocenters. The zero-order chi connectivity index (χ0) is 14.4. The number of hydrogen-bond acceptors (Lipinski definition) is 3. The molecule has 2 aliphatic rings. The van der Waals surface area contributed by atoms with E-state index >= 15 is 0 Å². The second-order valence-corrected chi connectivity index (χ2v) is 6.42. The van der Waals surface area contributed by atoms with Crippen molar-refractivity contribution in [2.45, 2.75) is 57.9 Å². The van der Waals surface area contributed by atoms with Crippen LogP contribution < -0.4 is 5.73 Å². The molecule has 2 fully saturated rings. The molecule has 1 amide bonds. The van der Waals surface area contributed by atoms with Crippen LogP contribution in [0.3, 0.4) is 0 Å². The van der Waals surface area contributed by atoms with Crippen LogP contribution >= 0.6 is 0 Å². The topological polar surface area (TPSA) is 49.6 Å². The SMILES string of the molecule is CCC1CCCN(C(CN)CC(=O)N2CCCC2)CC1. The first kappa shape index (κ1) is 15.8. The zero-order valence-electron chi connectivity index (χ0n) is 13.0. The smallest absolute Gasteiger partial charge is 0.224 e. The number of hydrogen-bond donors (Lipinski definition) is 1. The number of rotatable bonds is 5. The molecule has 20 heavy (non-hydrogen) atoms. The average molecular weight is 281 g/mol. The summed E-state index contributed by atoms with van der Waals surface area (Å²) in [4.78, 5) is 16.8. The largest absolute Gasteiger partial charge is 0.343 e. The fourth-order valence-corrected chi connectivity index (χ4v) is 3.62. The fraction of sp³-hybridized carbons (Fsp3) is 0.938. The van der Waals surface area contributed by atoms with Gasteiger partial charge in [-0.3, -0.25) is 9.69 Å². The number of carbonyl (C=O) groups is 1. The number of carbonyl (C=O) groups excluding carboxylic acids is 1. The average Bonchev–Trinajstić information content (AvgIpc) is 2.90. The lowest BCUT2D eigenvalue weighted by Gasteiger charge is -2.30. The van der Waals surface area contributed by atoms with E-state index in [0.29, 0.717) is 18.9 Å². The summed E-state index contributed by atoms with van der Waals surface area (Å²) >= 11 is 0. The third-order valence-corrected chi connectivity index (χ3v) is 5.12. The van der Waals surface area contributed by atoms with E-state index in [0.717, 1.165) is 32.1 Å². The zero-order valence-corrected chi connectivity index (χ0v) is 13.0. The van der Waals surface area contributed by atoms with Crippen LogP contribution in [0.2, 0.25) is 0 Å². The van der Waals surface area contributed by atoms with E-state index in [1.165, 1.54) is 38.5 Å². The van der Waals surface area contributed by atoms with Crippen molar-refractivity contribution in [3.63, 3.8) is 0 Å². The van der Waals surface area contributed by atoms with Gasteiger partial charge in [0.2, 0.25) is 5.91 Å². The summed E-state index contributed by atoms with van der Waals surface area (Å²) < 4.78 is 0. The number of likely N-dealkylation sites (tertiary alicyclic amines) is 2. The minimum absolute atomic E-state index is 0.249. The number of nitrogens with two attached hydrogens (primary N) is 1. The summed E-state index contributed by atoms with van der Waals surface area (Å²) in [5.41, 5.74) is 5.96. The van der Waals surface area contributed by atoms with Crippen molar-refractivity contribution in [3.05, 3.63) is 0 Å². The molecule has 0 aliphatic carbocycles. The molecule has 2 unspecified atom stereocenters. The second kappa shape index (κ2) is 7.99. The molecule has 2 saturated heterocycles. The predicted octanol–water partition coefficient (Wildman–Crippen LogP) is 1.84. The molecule has 0 aromatic heterocycles. The Hall–Kier alpha value is -0.610. The van der Waals surface area contributed by atoms with Crippen LogP contribution in [0.4, 0.5) is 0 Å². The molecule has 0 aromatic carbocycles. The minimum Gasteiger partial charge on any atom is -0.343 e. The first-order chi connectivity index (χ1) is 9.74. The highest BCUT2D eigenvalue weighted by Gasteiger charge is 2.26. The summed E-state index contributed by atoms with van der Waals surface area (Å²) in [7, 11) is 0. The van der Waals surface area contributed by atoms with Gasteiger partial charge in [-0.2, -0.15) is 0 Å². The molecule has 4 nitrogen and oxygen atoms in total. The molecule has 0 spiro atoms. The van der Waals surface area contributed by atoms with Gasteiger partial charge >= 0.3 is 0 Å². The van der Waals surface area contributed by atoms with Gasteiger partial charge in [-0.25, -0.2) is 0 Å². The summed E-state index contributed by atoms with van der Waals surface area (Å²) in [5.74, 6) is 1.18. The summed E-state index contributed by atoms with van der Waals surface area (Å²) in [6.07, 6.45) is 8.10. The lowest BCUT2D eigenvalue weighted by atomic mass is 9.98. The summed E-state index contributed by atoms with van der Waals surface area (Å²) in [5, 5.41) is 0. The minimum atomic E-state index is 0.249. The Morgan fingerprint density at radius 1 is 1.15 bits per heavy atom. The third kappa shape index (κ3) is 4.19. The Morgan fingerprint density at radius 2 is 1.90 bits per heavy atom. The summed E-state index contributed by atoms with van der Waals surface area (Å²) in [6.45, 7) is 7.04. The van der Waals surface area contributed by atoms with Crippen molar-refractivity contribution >= 4 is 5.91 Å². The Bertz CT molecular complexity index is 302. The highest BCUT2D eigenvalue weighted by atomic mass is 16.2. The Balaban J connectivity index is 1.85. The van der Waals surface area contributed by atoms with Crippen molar-refractivity contribution in [1.82, 2.24) is 9.80 Å². The Kier molecular flexibility index (Phi) is 6.30. The number of amides is 1. The van der Waals surface area contributed by atoms with E-state index in [1.807, 2.05) is 4.90 Å². The van der Waals surface area contributed by atoms with Crippen molar-refractivity contribution < 1.29 is 4.79 Å². The molecule has 0 radical (unpaired) electrons. The molecule has 2 heterocycles. The van der Waals surface area contributed by atoms with Gasteiger partial charge < -0.3 is 10.6 Å². The maximum Gasteiger partial charge on any atom is 0.224 e. The van der Waals surface area contributed by atoms with Crippen LogP contribution in [-0.2, 0) is 4.79 Å².